The summed E-state index contributed by atoms with van der Waals surface area (Å²) in [5.74, 6) is -1.37. The number of hydrogen-bond donors (Lipinski definition) is 4. The molecule has 0 fully saturated rings. The Labute approximate surface area is 381 Å². The third kappa shape index (κ3) is 11.6. The van der Waals surface area contributed by atoms with Crippen LogP contribution in [0.1, 0.15) is 59.7 Å². The molecule has 3 aromatic heterocycles. The SMILES string of the molecule is N#Cc1cc(C(=O)N/N=C/c2ccc3c(ccn3Cc3cncc(C(F)(F)F)c3)c2)ccc1O.O=C(N/N=C/c1ccc2c(ccn2Cc2cccc(C(F)(F)F)c2)c1)c1ccc(O)c(Cl)c1. The average molecular weight is 935 g/mol. The van der Waals surface area contributed by atoms with E-state index in [9.17, 15) is 46.1 Å². The number of fused-ring (bicyclic) bond motifs is 2. The normalized spacial score (nSPS) is 11.7. The van der Waals surface area contributed by atoms with Crippen LogP contribution in [0.5, 0.6) is 11.5 Å². The molecule has 0 aliphatic heterocycles. The lowest BCUT2D eigenvalue weighted by atomic mass is 10.1. The number of hydrogen-bond acceptors (Lipinski definition) is 8. The number of aromatic nitrogens is 3. The number of aromatic hydroxyl groups is 2. The fourth-order valence-corrected chi connectivity index (χ4v) is 6.90. The van der Waals surface area contributed by atoms with E-state index in [0.717, 1.165) is 51.8 Å². The molecule has 0 atom stereocenters. The lowest BCUT2D eigenvalue weighted by Gasteiger charge is -2.10. The largest absolute Gasteiger partial charge is 0.507 e. The van der Waals surface area contributed by atoms with Crippen LogP contribution in [0.2, 0.25) is 5.02 Å². The predicted octanol–water partition coefficient (Wildman–Crippen LogP) is 10.3. The Morgan fingerprint density at radius 3 is 1.75 bits per heavy atom. The molecule has 3 heterocycles. The van der Waals surface area contributed by atoms with Crippen molar-refractivity contribution >= 4 is 57.7 Å². The van der Waals surface area contributed by atoms with Gasteiger partial charge in [-0.1, -0.05) is 35.9 Å². The van der Waals surface area contributed by atoms with E-state index < -0.39 is 35.3 Å². The molecule has 4 N–H and O–H groups in total. The number of nitriles is 1. The minimum atomic E-state index is -4.45. The van der Waals surface area contributed by atoms with Crippen LogP contribution in [0.15, 0.2) is 150 Å². The van der Waals surface area contributed by atoms with Crippen molar-refractivity contribution in [3.8, 4) is 17.6 Å². The Morgan fingerprint density at radius 1 is 0.657 bits per heavy atom. The Morgan fingerprint density at radius 2 is 1.19 bits per heavy atom. The van der Waals surface area contributed by atoms with Crippen LogP contribution in [0.25, 0.3) is 21.8 Å². The van der Waals surface area contributed by atoms with E-state index in [1.807, 2.05) is 45.7 Å². The first-order valence-corrected chi connectivity index (χ1v) is 20.1. The number of rotatable bonds is 10. The Hall–Kier alpha value is -8.43. The van der Waals surface area contributed by atoms with Crippen molar-refractivity contribution in [3.05, 3.63) is 195 Å². The van der Waals surface area contributed by atoms with E-state index in [1.165, 1.54) is 61.1 Å². The number of phenols is 2. The highest BCUT2D eigenvalue weighted by molar-refractivity contribution is 6.32. The first kappa shape index (κ1) is 46.6. The number of nitrogens with one attached hydrogen (secondary N) is 2. The smallest absolute Gasteiger partial charge is 0.417 e. The zero-order valence-corrected chi connectivity index (χ0v) is 35.1. The molecular weight excluding hydrogens is 902 g/mol. The molecule has 0 spiro atoms. The quantitative estimate of drug-likeness (QED) is 0.0604. The highest BCUT2D eigenvalue weighted by atomic mass is 35.5. The third-order valence-corrected chi connectivity index (χ3v) is 10.3. The van der Waals surface area contributed by atoms with Crippen molar-refractivity contribution in [1.29, 1.82) is 5.26 Å². The minimum absolute atomic E-state index is 0.0208. The van der Waals surface area contributed by atoms with Crippen LogP contribution in [0, 0.1) is 11.3 Å². The van der Waals surface area contributed by atoms with Gasteiger partial charge in [-0.25, -0.2) is 10.9 Å². The van der Waals surface area contributed by atoms with Crippen molar-refractivity contribution in [2.24, 2.45) is 10.2 Å². The van der Waals surface area contributed by atoms with E-state index in [1.54, 1.807) is 36.5 Å². The molecule has 8 aromatic rings. The number of benzene rings is 5. The fourth-order valence-electron chi connectivity index (χ4n) is 6.72. The maximum Gasteiger partial charge on any atom is 0.417 e. The lowest BCUT2D eigenvalue weighted by Crippen LogP contribution is -2.17. The number of halogens is 7. The maximum absolute atomic E-state index is 13.0. The summed E-state index contributed by atoms with van der Waals surface area (Å²) in [7, 11) is 0. The first-order chi connectivity index (χ1) is 31.9. The van der Waals surface area contributed by atoms with Crippen molar-refractivity contribution in [1.82, 2.24) is 25.0 Å². The molecule has 8 rings (SSSR count). The van der Waals surface area contributed by atoms with Crippen molar-refractivity contribution < 1.29 is 46.1 Å². The second-order valence-corrected chi connectivity index (χ2v) is 15.1. The summed E-state index contributed by atoms with van der Waals surface area (Å²) in [5, 5.41) is 37.5. The second kappa shape index (κ2) is 19.8. The summed E-state index contributed by atoms with van der Waals surface area (Å²) in [5.41, 5.74) is 7.73. The molecular formula is C48H33ClF6N8O4. The minimum Gasteiger partial charge on any atom is -0.507 e. The lowest BCUT2D eigenvalue weighted by molar-refractivity contribution is -0.138. The second-order valence-electron chi connectivity index (χ2n) is 14.7. The molecule has 0 bridgehead atoms. The molecule has 12 nitrogen and oxygen atoms in total. The number of nitrogens with zero attached hydrogens (tertiary/aromatic N) is 6. The number of carbonyl (C=O) groups is 2. The van der Waals surface area contributed by atoms with Crippen molar-refractivity contribution in [3.63, 3.8) is 0 Å². The number of pyridine rings is 1. The van der Waals surface area contributed by atoms with Crippen molar-refractivity contribution in [2.75, 3.05) is 0 Å². The number of amides is 2. The molecule has 0 aliphatic carbocycles. The van der Waals surface area contributed by atoms with Crippen LogP contribution in [0.3, 0.4) is 0 Å². The number of alkyl halides is 6. The van der Waals surface area contributed by atoms with Crippen LogP contribution >= 0.6 is 11.6 Å². The summed E-state index contributed by atoms with van der Waals surface area (Å²) in [6, 6.07) is 30.6. The number of carbonyl (C=O) groups excluding carboxylic acids is 2. The van der Waals surface area contributed by atoms with Gasteiger partial charge >= 0.3 is 12.4 Å². The molecule has 0 radical (unpaired) electrons. The molecule has 0 saturated heterocycles. The Bertz CT molecular complexity index is 3250. The fraction of sp³-hybridized carbons (Fsp3) is 0.0833. The van der Waals surface area contributed by atoms with Gasteiger partial charge in [0.05, 0.1) is 34.1 Å². The van der Waals surface area contributed by atoms with E-state index in [2.05, 4.69) is 26.0 Å². The van der Waals surface area contributed by atoms with Crippen molar-refractivity contribution in [2.45, 2.75) is 25.4 Å². The van der Waals surface area contributed by atoms with Gasteiger partial charge in [-0.05, 0) is 113 Å². The predicted molar refractivity (Wildman–Crippen MR) is 239 cm³/mol. The summed E-state index contributed by atoms with van der Waals surface area (Å²) in [4.78, 5) is 28.0. The molecule has 67 heavy (non-hydrogen) atoms. The standard InChI is InChI=1S/C24H17ClF3N3O2.C24H16F3N5O2/c25-20-12-18(5-7-22(20)32)23(33)30-29-13-15-4-6-21-17(10-15)8-9-31(21)14-16-2-1-3-19(11-16)24(26,27)28;25-24(26,27)20-8-16(11-29-13-20)14-32-6-5-17-7-15(1-3-21(17)32)12-30-31-23(34)18-2-4-22(33)19(9-18)10-28/h1-13,32H,14H2,(H,30,33);1-9,11-13,33H,14H2,(H,31,34)/b29-13+;30-12+. The van der Waals surface area contributed by atoms with Gasteiger partial charge in [0, 0.05) is 70.8 Å². The van der Waals surface area contributed by atoms with Gasteiger partial charge in [-0.2, -0.15) is 41.8 Å². The van der Waals surface area contributed by atoms with Gasteiger partial charge < -0.3 is 19.3 Å². The summed E-state index contributed by atoms with van der Waals surface area (Å²) in [6.45, 7) is 0.521. The average Bonchev–Trinajstić information content (AvgIpc) is 3.89. The molecule has 0 aliphatic rings. The Balaban J connectivity index is 0.000000199. The molecule has 5 aromatic carbocycles. The molecule has 338 valence electrons. The molecule has 19 heteroatoms. The van der Waals surface area contributed by atoms with E-state index >= 15 is 0 Å². The van der Waals surface area contributed by atoms with Gasteiger partial charge in [-0.15, -0.1) is 0 Å². The maximum atomic E-state index is 13.0. The summed E-state index contributed by atoms with van der Waals surface area (Å²) >= 11 is 5.80. The third-order valence-electron chi connectivity index (χ3n) is 10.0. The zero-order chi connectivity index (χ0) is 47.9. The molecule has 0 saturated carbocycles. The molecule has 0 unspecified atom stereocenters. The van der Waals surface area contributed by atoms with Crippen LogP contribution < -0.4 is 10.9 Å². The van der Waals surface area contributed by atoms with Gasteiger partial charge in [-0.3, -0.25) is 14.6 Å². The van der Waals surface area contributed by atoms with Crippen LogP contribution in [0.4, 0.5) is 26.3 Å². The van der Waals surface area contributed by atoms with Crippen LogP contribution in [-0.4, -0.2) is 48.6 Å². The van der Waals surface area contributed by atoms with E-state index in [4.69, 9.17) is 16.9 Å². The highest BCUT2D eigenvalue weighted by Crippen LogP contribution is 2.31. The van der Waals surface area contributed by atoms with E-state index in [0.29, 0.717) is 23.2 Å². The van der Waals surface area contributed by atoms with Gasteiger partial charge in [0.15, 0.2) is 0 Å². The Kier molecular flexibility index (Phi) is 13.7. The topological polar surface area (TPSA) is 170 Å². The van der Waals surface area contributed by atoms with Crippen LogP contribution in [-0.2, 0) is 25.4 Å². The zero-order valence-electron chi connectivity index (χ0n) is 34.4. The summed E-state index contributed by atoms with van der Waals surface area (Å²) in [6.07, 6.45) is -0.142. The number of phenolic OH excluding ortho intramolecular Hbond substituents is 2. The van der Waals surface area contributed by atoms with Gasteiger partial charge in [0.25, 0.3) is 11.8 Å². The van der Waals surface area contributed by atoms with Gasteiger partial charge in [0.2, 0.25) is 0 Å². The summed E-state index contributed by atoms with van der Waals surface area (Å²) < 4.78 is 81.4. The van der Waals surface area contributed by atoms with E-state index in [-0.39, 0.29) is 39.8 Å². The highest BCUT2D eigenvalue weighted by Gasteiger charge is 2.31. The first-order valence-electron chi connectivity index (χ1n) is 19.7. The monoisotopic (exact) mass is 934 g/mol. The van der Waals surface area contributed by atoms with Gasteiger partial charge in [0.1, 0.15) is 17.6 Å². The molecule has 2 amide bonds. The number of hydrazone groups is 2.